The fraction of sp³-hybridized carbons (Fsp3) is 0.278. The van der Waals surface area contributed by atoms with Gasteiger partial charge in [-0.3, -0.25) is 4.79 Å². The molecule has 2 aromatic carbocycles. The summed E-state index contributed by atoms with van der Waals surface area (Å²) in [7, 11) is -2.50. The van der Waals surface area contributed by atoms with Crippen molar-refractivity contribution in [3.05, 3.63) is 52.8 Å². The lowest BCUT2D eigenvalue weighted by molar-refractivity contribution is 0.0729. The molecule has 3 rings (SSSR count). The maximum atomic E-state index is 14.0. The molecule has 1 amide bonds. The van der Waals surface area contributed by atoms with Crippen LogP contribution in [0.4, 0.5) is 10.1 Å². The summed E-state index contributed by atoms with van der Waals surface area (Å²) in [5.74, 6) is -1.36. The molecule has 0 aliphatic carbocycles. The normalized spacial score (nSPS) is 15.2. The van der Waals surface area contributed by atoms with Crippen LogP contribution in [0.15, 0.2) is 41.3 Å². The first-order valence-electron chi connectivity index (χ1n) is 8.35. The van der Waals surface area contributed by atoms with Gasteiger partial charge in [0.25, 0.3) is 5.91 Å². The second kappa shape index (κ2) is 8.44. The van der Waals surface area contributed by atoms with Gasteiger partial charge < -0.3 is 14.8 Å². The molecular formula is C18H18ClFN2O5S. The number of amides is 1. The van der Waals surface area contributed by atoms with Crippen molar-refractivity contribution in [1.82, 2.24) is 4.31 Å². The predicted octanol–water partition coefficient (Wildman–Crippen LogP) is 2.76. The highest BCUT2D eigenvalue weighted by atomic mass is 35.5. The van der Waals surface area contributed by atoms with Gasteiger partial charge in [0.2, 0.25) is 10.0 Å². The van der Waals surface area contributed by atoms with Crippen molar-refractivity contribution in [3.63, 3.8) is 0 Å². The fourth-order valence-electron chi connectivity index (χ4n) is 2.75. The molecule has 150 valence electrons. The van der Waals surface area contributed by atoms with Crippen molar-refractivity contribution in [3.8, 4) is 5.75 Å². The third kappa shape index (κ3) is 4.27. The largest absolute Gasteiger partial charge is 0.495 e. The highest BCUT2D eigenvalue weighted by molar-refractivity contribution is 7.89. The van der Waals surface area contributed by atoms with Crippen LogP contribution in [0.3, 0.4) is 0 Å². The summed E-state index contributed by atoms with van der Waals surface area (Å²) in [6.45, 7) is 1.04. The van der Waals surface area contributed by atoms with E-state index in [1.54, 1.807) is 0 Å². The molecule has 2 aromatic rings. The predicted molar refractivity (Wildman–Crippen MR) is 102 cm³/mol. The minimum absolute atomic E-state index is 0.0914. The van der Waals surface area contributed by atoms with Gasteiger partial charge in [-0.05, 0) is 36.4 Å². The van der Waals surface area contributed by atoms with Gasteiger partial charge in [-0.25, -0.2) is 12.8 Å². The van der Waals surface area contributed by atoms with Gasteiger partial charge >= 0.3 is 0 Å². The SMILES string of the molecule is COc1ccc(NC(=O)c2ccc(Cl)cc2F)cc1S(=O)(=O)N1CCOCC1. The highest BCUT2D eigenvalue weighted by Gasteiger charge is 2.29. The number of nitrogens with zero attached hydrogens (tertiary/aromatic N) is 1. The first kappa shape index (κ1) is 20.5. The third-order valence-electron chi connectivity index (χ3n) is 4.19. The molecule has 1 saturated heterocycles. The number of nitrogens with one attached hydrogen (secondary N) is 1. The average molecular weight is 429 g/mol. The first-order valence-corrected chi connectivity index (χ1v) is 10.2. The van der Waals surface area contributed by atoms with E-state index in [1.165, 1.54) is 41.7 Å². The van der Waals surface area contributed by atoms with Gasteiger partial charge in [0.05, 0.1) is 25.9 Å². The van der Waals surface area contributed by atoms with Gasteiger partial charge in [-0.2, -0.15) is 4.31 Å². The van der Waals surface area contributed by atoms with Crippen molar-refractivity contribution in [2.24, 2.45) is 0 Å². The van der Waals surface area contributed by atoms with E-state index < -0.39 is 21.7 Å². The van der Waals surface area contributed by atoms with Crippen LogP contribution in [0.1, 0.15) is 10.4 Å². The number of carbonyl (C=O) groups excluding carboxylic acids is 1. The van der Waals surface area contributed by atoms with Gasteiger partial charge in [0, 0.05) is 23.8 Å². The minimum atomic E-state index is -3.86. The molecule has 0 unspecified atom stereocenters. The molecule has 28 heavy (non-hydrogen) atoms. The highest BCUT2D eigenvalue weighted by Crippen LogP contribution is 2.30. The van der Waals surface area contributed by atoms with Crippen LogP contribution in [0.5, 0.6) is 5.75 Å². The summed E-state index contributed by atoms with van der Waals surface area (Å²) in [5.41, 5.74) is -0.0233. The van der Waals surface area contributed by atoms with E-state index in [-0.39, 0.29) is 40.0 Å². The molecule has 1 aliphatic heterocycles. The van der Waals surface area contributed by atoms with E-state index >= 15 is 0 Å². The summed E-state index contributed by atoms with van der Waals surface area (Å²) in [6.07, 6.45) is 0. The number of benzene rings is 2. The Labute approximate surface area is 167 Å². The molecule has 1 aliphatic rings. The Morgan fingerprint density at radius 1 is 1.21 bits per heavy atom. The molecule has 7 nitrogen and oxygen atoms in total. The van der Waals surface area contributed by atoms with E-state index in [0.717, 1.165) is 6.07 Å². The van der Waals surface area contributed by atoms with Crippen LogP contribution >= 0.6 is 11.6 Å². The summed E-state index contributed by atoms with van der Waals surface area (Å²) < 4.78 is 51.6. The lowest BCUT2D eigenvalue weighted by Crippen LogP contribution is -2.40. The monoisotopic (exact) mass is 428 g/mol. The van der Waals surface area contributed by atoms with Crippen LogP contribution in [-0.4, -0.2) is 52.0 Å². The van der Waals surface area contributed by atoms with E-state index in [2.05, 4.69) is 5.32 Å². The molecule has 0 atom stereocenters. The number of hydrogen-bond acceptors (Lipinski definition) is 5. The lowest BCUT2D eigenvalue weighted by atomic mass is 10.2. The first-order chi connectivity index (χ1) is 13.3. The van der Waals surface area contributed by atoms with Gasteiger partial charge in [-0.15, -0.1) is 0 Å². The zero-order valence-corrected chi connectivity index (χ0v) is 16.5. The summed E-state index contributed by atoms with van der Waals surface area (Å²) in [5, 5.41) is 2.66. The smallest absolute Gasteiger partial charge is 0.258 e. The number of morpholine rings is 1. The van der Waals surface area contributed by atoms with Crippen LogP contribution in [0.2, 0.25) is 5.02 Å². The average Bonchev–Trinajstić information content (AvgIpc) is 2.68. The standard InChI is InChI=1S/C18H18ClFN2O5S/c1-26-16-5-3-13(21-18(23)14-4-2-12(19)10-15(14)20)11-17(16)28(24,25)22-6-8-27-9-7-22/h2-5,10-11H,6-9H2,1H3,(H,21,23). The van der Waals surface area contributed by atoms with Gasteiger partial charge in [0.1, 0.15) is 16.5 Å². The molecule has 0 aromatic heterocycles. The van der Waals surface area contributed by atoms with Gasteiger partial charge in [0.15, 0.2) is 0 Å². The number of hydrogen-bond donors (Lipinski definition) is 1. The van der Waals surface area contributed by atoms with Crippen LogP contribution in [0, 0.1) is 5.82 Å². The minimum Gasteiger partial charge on any atom is -0.495 e. The number of anilines is 1. The second-order valence-corrected chi connectivity index (χ2v) is 8.30. The van der Waals surface area contributed by atoms with Crippen LogP contribution < -0.4 is 10.1 Å². The fourth-order valence-corrected chi connectivity index (χ4v) is 4.50. The molecule has 0 spiro atoms. The molecule has 1 fully saturated rings. The molecule has 10 heteroatoms. The van der Waals surface area contributed by atoms with E-state index in [1.807, 2.05) is 0 Å². The molecule has 0 saturated carbocycles. The van der Waals surface area contributed by atoms with Crippen LogP contribution in [0.25, 0.3) is 0 Å². The summed E-state index contributed by atoms with van der Waals surface area (Å²) >= 11 is 5.69. The van der Waals surface area contributed by atoms with Crippen molar-refractivity contribution in [2.75, 3.05) is 38.7 Å². The Balaban J connectivity index is 1.91. The van der Waals surface area contributed by atoms with Crippen molar-refractivity contribution in [1.29, 1.82) is 0 Å². The molecule has 1 heterocycles. The second-order valence-electron chi connectivity index (χ2n) is 5.96. The number of ether oxygens (including phenoxy) is 2. The van der Waals surface area contributed by atoms with Crippen LogP contribution in [-0.2, 0) is 14.8 Å². The molecule has 0 bridgehead atoms. The van der Waals surface area contributed by atoms with Crippen molar-refractivity contribution in [2.45, 2.75) is 4.90 Å². The Kier molecular flexibility index (Phi) is 6.19. The molecule has 0 radical (unpaired) electrons. The summed E-state index contributed by atoms with van der Waals surface area (Å²) in [4.78, 5) is 12.3. The Morgan fingerprint density at radius 2 is 1.93 bits per heavy atom. The van der Waals surface area contributed by atoms with E-state index in [0.29, 0.717) is 13.2 Å². The number of rotatable bonds is 5. The quantitative estimate of drug-likeness (QED) is 0.791. The number of carbonyl (C=O) groups is 1. The van der Waals surface area contributed by atoms with E-state index in [4.69, 9.17) is 21.1 Å². The lowest BCUT2D eigenvalue weighted by Gasteiger charge is -2.26. The maximum absolute atomic E-state index is 14.0. The van der Waals surface area contributed by atoms with E-state index in [9.17, 15) is 17.6 Å². The Bertz CT molecular complexity index is 993. The summed E-state index contributed by atoms with van der Waals surface area (Å²) in [6, 6.07) is 7.86. The number of methoxy groups -OCH3 is 1. The molecular weight excluding hydrogens is 411 g/mol. The van der Waals surface area contributed by atoms with Crippen molar-refractivity contribution >= 4 is 33.2 Å². The topological polar surface area (TPSA) is 84.9 Å². The zero-order valence-electron chi connectivity index (χ0n) is 14.9. The maximum Gasteiger partial charge on any atom is 0.258 e. The zero-order chi connectivity index (χ0) is 20.3. The third-order valence-corrected chi connectivity index (χ3v) is 6.34. The Morgan fingerprint density at radius 3 is 2.57 bits per heavy atom. The van der Waals surface area contributed by atoms with Gasteiger partial charge in [-0.1, -0.05) is 11.6 Å². The van der Waals surface area contributed by atoms with Crippen molar-refractivity contribution < 1.29 is 27.1 Å². The number of sulfonamides is 1. The molecule has 1 N–H and O–H groups in total. The number of halogens is 2. The Hall–Kier alpha value is -2.20.